The SMILES string of the molecule is CCC(C)C(NC(=O)C(CCC(=O)O)NC(=O)C(CS)NC(=O)C(N)Cc1cnc[nH]1)C(=O)O. The van der Waals surface area contributed by atoms with E-state index in [2.05, 4.69) is 38.5 Å². The summed E-state index contributed by atoms with van der Waals surface area (Å²) in [5, 5.41) is 25.6. The van der Waals surface area contributed by atoms with Gasteiger partial charge in [-0.25, -0.2) is 9.78 Å². The fourth-order valence-corrected chi connectivity index (χ4v) is 3.20. The number of carboxylic acid groups (broad SMARTS) is 2. The van der Waals surface area contributed by atoms with Crippen molar-refractivity contribution in [3.8, 4) is 0 Å². The Labute approximate surface area is 202 Å². The number of hydrogen-bond acceptors (Lipinski definition) is 8. The minimum atomic E-state index is -1.34. The smallest absolute Gasteiger partial charge is 0.326 e. The largest absolute Gasteiger partial charge is 0.481 e. The number of carbonyl (C=O) groups is 5. The lowest BCUT2D eigenvalue weighted by Crippen LogP contribution is -2.58. The number of aliphatic carboxylic acids is 2. The molecule has 5 unspecified atom stereocenters. The van der Waals surface area contributed by atoms with E-state index in [4.69, 9.17) is 10.8 Å². The molecule has 0 aliphatic carbocycles. The second kappa shape index (κ2) is 14.2. The van der Waals surface area contributed by atoms with Crippen molar-refractivity contribution < 1.29 is 34.2 Å². The third-order valence-corrected chi connectivity index (χ3v) is 5.57. The number of thiol groups is 1. The fraction of sp³-hybridized carbons (Fsp3) is 0.600. The van der Waals surface area contributed by atoms with Crippen LogP contribution in [0.25, 0.3) is 0 Å². The molecular formula is C20H32N6O7S. The van der Waals surface area contributed by atoms with Crippen LogP contribution in [0.1, 0.15) is 38.8 Å². The Bertz CT molecular complexity index is 850. The summed E-state index contributed by atoms with van der Waals surface area (Å²) in [7, 11) is 0. The molecule has 14 heteroatoms. The summed E-state index contributed by atoms with van der Waals surface area (Å²) in [5.74, 6) is -5.27. The van der Waals surface area contributed by atoms with E-state index in [1.165, 1.54) is 12.5 Å². The Kier molecular flexibility index (Phi) is 12.1. The molecule has 1 heterocycles. The van der Waals surface area contributed by atoms with Gasteiger partial charge in [0.25, 0.3) is 0 Å². The number of imidazole rings is 1. The zero-order valence-corrected chi connectivity index (χ0v) is 19.9. The maximum absolute atomic E-state index is 12.7. The Morgan fingerprint density at radius 2 is 1.71 bits per heavy atom. The van der Waals surface area contributed by atoms with Crippen LogP contribution in [0.5, 0.6) is 0 Å². The van der Waals surface area contributed by atoms with Gasteiger partial charge < -0.3 is 36.9 Å². The molecule has 0 aliphatic rings. The van der Waals surface area contributed by atoms with Crippen LogP contribution in [0.3, 0.4) is 0 Å². The van der Waals surface area contributed by atoms with Gasteiger partial charge in [0.05, 0.1) is 12.4 Å². The molecule has 5 atom stereocenters. The summed E-state index contributed by atoms with van der Waals surface area (Å²) in [6.07, 6.45) is 2.81. The van der Waals surface area contributed by atoms with Crippen LogP contribution in [-0.4, -0.2) is 79.8 Å². The summed E-state index contributed by atoms with van der Waals surface area (Å²) >= 11 is 4.06. The van der Waals surface area contributed by atoms with Gasteiger partial charge in [-0.05, 0) is 12.3 Å². The standard InChI is InChI=1S/C20H32N6O7S/c1-3-10(2)16(20(32)33)26-18(30)13(4-5-15(27)28)24-19(31)14(8-34)25-17(29)12(21)6-11-7-22-9-23-11/h7,9-10,12-14,16,34H,3-6,8,21H2,1-2H3,(H,22,23)(H,24,31)(H,25,29)(H,26,30)(H,27,28)(H,32,33). The van der Waals surface area contributed by atoms with Crippen molar-refractivity contribution in [2.24, 2.45) is 11.7 Å². The lowest BCUT2D eigenvalue weighted by molar-refractivity contribution is -0.144. The number of H-pyrrole nitrogens is 1. The zero-order chi connectivity index (χ0) is 25.8. The number of nitrogens with two attached hydrogens (primary N) is 1. The van der Waals surface area contributed by atoms with E-state index in [9.17, 15) is 29.1 Å². The first-order chi connectivity index (χ1) is 16.0. The second-order valence-corrected chi connectivity index (χ2v) is 8.20. The molecule has 8 N–H and O–H groups in total. The van der Waals surface area contributed by atoms with Gasteiger partial charge >= 0.3 is 11.9 Å². The number of nitrogens with one attached hydrogen (secondary N) is 4. The van der Waals surface area contributed by atoms with Crippen molar-refractivity contribution in [1.29, 1.82) is 0 Å². The summed E-state index contributed by atoms with van der Waals surface area (Å²) in [6.45, 7) is 3.40. The maximum Gasteiger partial charge on any atom is 0.326 e. The molecule has 34 heavy (non-hydrogen) atoms. The maximum atomic E-state index is 12.7. The Balaban J connectivity index is 2.87. The van der Waals surface area contributed by atoms with Gasteiger partial charge in [0.2, 0.25) is 17.7 Å². The number of carboxylic acids is 2. The van der Waals surface area contributed by atoms with Gasteiger partial charge in [0.1, 0.15) is 18.1 Å². The van der Waals surface area contributed by atoms with E-state index >= 15 is 0 Å². The first kappa shape index (κ1) is 28.9. The van der Waals surface area contributed by atoms with E-state index in [1.807, 2.05) is 0 Å². The van der Waals surface area contributed by atoms with E-state index < -0.39 is 66.2 Å². The average molecular weight is 501 g/mol. The molecule has 190 valence electrons. The summed E-state index contributed by atoms with van der Waals surface area (Å²) < 4.78 is 0. The molecule has 1 aromatic heterocycles. The highest BCUT2D eigenvalue weighted by atomic mass is 32.1. The van der Waals surface area contributed by atoms with E-state index in [-0.39, 0.29) is 18.6 Å². The lowest BCUT2D eigenvalue weighted by Gasteiger charge is -2.26. The van der Waals surface area contributed by atoms with Crippen LogP contribution in [0.2, 0.25) is 0 Å². The summed E-state index contributed by atoms with van der Waals surface area (Å²) in [4.78, 5) is 67.0. The molecule has 3 amide bonds. The Morgan fingerprint density at radius 1 is 1.09 bits per heavy atom. The highest BCUT2D eigenvalue weighted by Gasteiger charge is 2.31. The molecule has 0 spiro atoms. The summed E-state index contributed by atoms with van der Waals surface area (Å²) in [6, 6.07) is -4.72. The predicted octanol–water partition coefficient (Wildman–Crippen LogP) is -1.34. The highest BCUT2D eigenvalue weighted by molar-refractivity contribution is 7.80. The van der Waals surface area contributed by atoms with Gasteiger partial charge in [-0.2, -0.15) is 12.6 Å². The van der Waals surface area contributed by atoms with Gasteiger partial charge in [0.15, 0.2) is 0 Å². The Hall–Kier alpha value is -3.13. The Morgan fingerprint density at radius 3 is 2.21 bits per heavy atom. The van der Waals surface area contributed by atoms with Crippen molar-refractivity contribution in [3.05, 3.63) is 18.2 Å². The van der Waals surface area contributed by atoms with Crippen LogP contribution >= 0.6 is 12.6 Å². The second-order valence-electron chi connectivity index (χ2n) is 7.83. The number of aromatic amines is 1. The van der Waals surface area contributed by atoms with Crippen molar-refractivity contribution in [2.75, 3.05) is 5.75 Å². The lowest BCUT2D eigenvalue weighted by atomic mass is 9.98. The first-order valence-electron chi connectivity index (χ1n) is 10.7. The molecular weight excluding hydrogens is 468 g/mol. The number of rotatable bonds is 15. The first-order valence-corrected chi connectivity index (χ1v) is 11.3. The average Bonchev–Trinajstić information content (AvgIpc) is 3.29. The van der Waals surface area contributed by atoms with Crippen LogP contribution in [0, 0.1) is 5.92 Å². The normalized spacial score (nSPS) is 15.3. The van der Waals surface area contributed by atoms with Crippen LogP contribution < -0.4 is 21.7 Å². The topological polar surface area (TPSA) is 217 Å². The van der Waals surface area contributed by atoms with Crippen LogP contribution in [0.15, 0.2) is 12.5 Å². The number of hydrogen-bond donors (Lipinski definition) is 8. The third-order valence-electron chi connectivity index (χ3n) is 5.20. The molecule has 0 fully saturated rings. The molecule has 0 saturated carbocycles. The number of amides is 3. The quantitative estimate of drug-likeness (QED) is 0.133. The minimum absolute atomic E-state index is 0.133. The van der Waals surface area contributed by atoms with E-state index in [1.54, 1.807) is 13.8 Å². The molecule has 1 aromatic rings. The highest BCUT2D eigenvalue weighted by Crippen LogP contribution is 2.09. The summed E-state index contributed by atoms with van der Waals surface area (Å²) in [5.41, 5.74) is 6.48. The molecule has 0 saturated heterocycles. The minimum Gasteiger partial charge on any atom is -0.481 e. The monoisotopic (exact) mass is 500 g/mol. The van der Waals surface area contributed by atoms with Crippen LogP contribution in [-0.2, 0) is 30.4 Å². The molecule has 0 bridgehead atoms. The predicted molar refractivity (Wildman–Crippen MR) is 124 cm³/mol. The third kappa shape index (κ3) is 9.39. The number of nitrogens with zero attached hydrogens (tertiary/aromatic N) is 1. The molecule has 0 radical (unpaired) electrons. The number of aromatic nitrogens is 2. The molecule has 0 aliphatic heterocycles. The van der Waals surface area contributed by atoms with E-state index in [0.29, 0.717) is 12.1 Å². The fourth-order valence-electron chi connectivity index (χ4n) is 2.94. The van der Waals surface area contributed by atoms with Crippen molar-refractivity contribution in [3.63, 3.8) is 0 Å². The van der Waals surface area contributed by atoms with E-state index in [0.717, 1.165) is 0 Å². The zero-order valence-electron chi connectivity index (χ0n) is 19.0. The van der Waals surface area contributed by atoms with Crippen LogP contribution in [0.4, 0.5) is 0 Å². The van der Waals surface area contributed by atoms with Gasteiger partial charge in [-0.3, -0.25) is 19.2 Å². The van der Waals surface area contributed by atoms with Crippen molar-refractivity contribution >= 4 is 42.3 Å². The molecule has 1 rings (SSSR count). The van der Waals surface area contributed by atoms with Gasteiger partial charge in [0, 0.05) is 30.5 Å². The van der Waals surface area contributed by atoms with Crippen molar-refractivity contribution in [2.45, 2.75) is 63.7 Å². The molecule has 0 aromatic carbocycles. The molecule has 13 nitrogen and oxygen atoms in total. The van der Waals surface area contributed by atoms with Crippen molar-refractivity contribution in [1.82, 2.24) is 25.9 Å². The van der Waals surface area contributed by atoms with Gasteiger partial charge in [-0.15, -0.1) is 0 Å². The number of carbonyl (C=O) groups excluding carboxylic acids is 3. The van der Waals surface area contributed by atoms with Gasteiger partial charge in [-0.1, -0.05) is 20.3 Å².